The van der Waals surface area contributed by atoms with Gasteiger partial charge in [-0.05, 0) is 24.3 Å². The van der Waals surface area contributed by atoms with Crippen LogP contribution in [-0.4, -0.2) is 15.9 Å². The van der Waals surface area contributed by atoms with E-state index < -0.39 is 0 Å². The average molecular weight is 303 g/mol. The van der Waals surface area contributed by atoms with Crippen molar-refractivity contribution < 1.29 is 9.21 Å². The van der Waals surface area contributed by atoms with Crippen LogP contribution in [-0.2, 0) is 0 Å². The molecule has 0 aliphatic heterocycles. The molecule has 2 aromatic heterocycles. The number of nitrogens with one attached hydrogen (secondary N) is 1. The van der Waals surface area contributed by atoms with Crippen LogP contribution in [0.1, 0.15) is 10.6 Å². The number of carbonyl (C=O) groups is 1. The van der Waals surface area contributed by atoms with Gasteiger partial charge >= 0.3 is 5.91 Å². The quantitative estimate of drug-likeness (QED) is 0.619. The molecule has 0 spiro atoms. The zero-order valence-corrected chi connectivity index (χ0v) is 12.1. The Morgan fingerprint density at radius 1 is 1.04 bits per heavy atom. The minimum atomic E-state index is -0.276. The minimum Gasteiger partial charge on any atom is -0.451 e. The second kappa shape index (κ2) is 5.46. The van der Waals surface area contributed by atoms with Gasteiger partial charge in [0.1, 0.15) is 5.58 Å². The van der Waals surface area contributed by atoms with Gasteiger partial charge in [-0.1, -0.05) is 36.4 Å². The monoisotopic (exact) mass is 303 g/mol. The molecule has 23 heavy (non-hydrogen) atoms. The SMILES string of the molecule is O=C(c1cc2ccccc2o1)N(c1ccccc1)c1ncc[nH]1. The number of H-pyrrole nitrogens is 1. The van der Waals surface area contributed by atoms with Gasteiger partial charge in [0.2, 0.25) is 5.95 Å². The molecule has 0 saturated carbocycles. The first-order chi connectivity index (χ1) is 11.3. The van der Waals surface area contributed by atoms with Crippen molar-refractivity contribution in [1.82, 2.24) is 9.97 Å². The molecule has 4 aromatic rings. The number of amides is 1. The van der Waals surface area contributed by atoms with Crippen molar-refractivity contribution in [3.05, 3.63) is 78.8 Å². The van der Waals surface area contributed by atoms with E-state index in [-0.39, 0.29) is 11.7 Å². The molecule has 0 aliphatic carbocycles. The maximum atomic E-state index is 13.0. The van der Waals surface area contributed by atoms with Crippen molar-refractivity contribution in [3.8, 4) is 0 Å². The molecule has 0 aliphatic rings. The molecule has 5 heteroatoms. The maximum Gasteiger partial charge on any atom is 0.300 e. The van der Waals surface area contributed by atoms with E-state index in [1.165, 1.54) is 4.90 Å². The second-order valence-corrected chi connectivity index (χ2v) is 5.04. The highest BCUT2D eigenvalue weighted by Gasteiger charge is 2.24. The molecule has 2 aromatic carbocycles. The fourth-order valence-corrected chi connectivity index (χ4v) is 2.49. The van der Waals surface area contributed by atoms with Crippen LogP contribution in [0.4, 0.5) is 11.6 Å². The topological polar surface area (TPSA) is 62.1 Å². The third-order valence-electron chi connectivity index (χ3n) is 3.55. The standard InChI is InChI=1S/C18H13N3O2/c22-17(16-12-13-6-4-5-9-15(13)23-16)21(18-19-10-11-20-18)14-7-2-1-3-8-14/h1-12H,(H,19,20). The summed E-state index contributed by atoms with van der Waals surface area (Å²) < 4.78 is 5.70. The molecular formula is C18H13N3O2. The van der Waals surface area contributed by atoms with Crippen LogP contribution in [0.5, 0.6) is 0 Å². The summed E-state index contributed by atoms with van der Waals surface area (Å²) in [4.78, 5) is 21.7. The van der Waals surface area contributed by atoms with E-state index in [2.05, 4.69) is 9.97 Å². The van der Waals surface area contributed by atoms with Crippen LogP contribution in [0.2, 0.25) is 0 Å². The number of aromatic amines is 1. The van der Waals surface area contributed by atoms with Crippen molar-refractivity contribution >= 4 is 28.5 Å². The van der Waals surface area contributed by atoms with E-state index in [4.69, 9.17) is 4.42 Å². The van der Waals surface area contributed by atoms with E-state index >= 15 is 0 Å². The molecule has 112 valence electrons. The fourth-order valence-electron chi connectivity index (χ4n) is 2.49. The van der Waals surface area contributed by atoms with Crippen molar-refractivity contribution in [3.63, 3.8) is 0 Å². The highest BCUT2D eigenvalue weighted by Crippen LogP contribution is 2.27. The van der Waals surface area contributed by atoms with Gasteiger partial charge in [0, 0.05) is 17.8 Å². The summed E-state index contributed by atoms with van der Waals surface area (Å²) in [5.41, 5.74) is 1.40. The second-order valence-electron chi connectivity index (χ2n) is 5.04. The molecule has 0 radical (unpaired) electrons. The lowest BCUT2D eigenvalue weighted by atomic mass is 10.2. The van der Waals surface area contributed by atoms with Crippen LogP contribution in [0.15, 0.2) is 77.5 Å². The van der Waals surface area contributed by atoms with E-state index in [9.17, 15) is 4.79 Å². The van der Waals surface area contributed by atoms with Gasteiger partial charge < -0.3 is 9.40 Å². The molecule has 0 atom stereocenters. The predicted molar refractivity (Wildman–Crippen MR) is 87.7 cm³/mol. The Bertz CT molecular complexity index is 910. The number of hydrogen-bond donors (Lipinski definition) is 1. The summed E-state index contributed by atoms with van der Waals surface area (Å²) in [7, 11) is 0. The van der Waals surface area contributed by atoms with Crippen LogP contribution in [0.25, 0.3) is 11.0 Å². The van der Waals surface area contributed by atoms with Crippen LogP contribution in [0, 0.1) is 0 Å². The summed E-state index contributed by atoms with van der Waals surface area (Å²) in [6.07, 6.45) is 3.29. The van der Waals surface area contributed by atoms with Gasteiger partial charge in [-0.2, -0.15) is 0 Å². The minimum absolute atomic E-state index is 0.270. The summed E-state index contributed by atoms with van der Waals surface area (Å²) in [5.74, 6) is 0.440. The molecule has 1 amide bonds. The summed E-state index contributed by atoms with van der Waals surface area (Å²) >= 11 is 0. The van der Waals surface area contributed by atoms with Gasteiger partial charge in [0.25, 0.3) is 0 Å². The van der Waals surface area contributed by atoms with Gasteiger partial charge in [0.05, 0.1) is 5.69 Å². The highest BCUT2D eigenvalue weighted by atomic mass is 16.3. The number of para-hydroxylation sites is 2. The Balaban J connectivity index is 1.81. The Labute approximate surface area is 132 Å². The number of carbonyl (C=O) groups excluding carboxylic acids is 1. The van der Waals surface area contributed by atoms with Gasteiger partial charge in [0.15, 0.2) is 5.76 Å². The molecule has 0 bridgehead atoms. The van der Waals surface area contributed by atoms with Crippen molar-refractivity contribution in [2.45, 2.75) is 0 Å². The number of imidazole rings is 1. The lowest BCUT2D eigenvalue weighted by Gasteiger charge is -2.18. The molecule has 4 rings (SSSR count). The Morgan fingerprint density at radius 3 is 2.57 bits per heavy atom. The van der Waals surface area contributed by atoms with Gasteiger partial charge in [-0.25, -0.2) is 9.88 Å². The van der Waals surface area contributed by atoms with Crippen molar-refractivity contribution in [2.24, 2.45) is 0 Å². The molecule has 0 unspecified atom stereocenters. The van der Waals surface area contributed by atoms with Gasteiger partial charge in [-0.3, -0.25) is 4.79 Å². The fraction of sp³-hybridized carbons (Fsp3) is 0. The average Bonchev–Trinajstić information content (AvgIpc) is 3.25. The Morgan fingerprint density at radius 2 is 1.83 bits per heavy atom. The zero-order valence-electron chi connectivity index (χ0n) is 12.1. The Kier molecular flexibility index (Phi) is 3.16. The maximum absolute atomic E-state index is 13.0. The predicted octanol–water partition coefficient (Wildman–Crippen LogP) is 4.13. The molecule has 0 fully saturated rings. The van der Waals surface area contributed by atoms with E-state index in [0.29, 0.717) is 17.2 Å². The van der Waals surface area contributed by atoms with Crippen molar-refractivity contribution in [1.29, 1.82) is 0 Å². The van der Waals surface area contributed by atoms with Crippen LogP contribution >= 0.6 is 0 Å². The number of fused-ring (bicyclic) bond motifs is 1. The number of anilines is 2. The third-order valence-corrected chi connectivity index (χ3v) is 3.55. The molecule has 2 heterocycles. The lowest BCUT2D eigenvalue weighted by Crippen LogP contribution is -2.26. The largest absolute Gasteiger partial charge is 0.451 e. The zero-order chi connectivity index (χ0) is 15.6. The highest BCUT2D eigenvalue weighted by molar-refractivity contribution is 6.09. The molecule has 1 N–H and O–H groups in total. The number of rotatable bonds is 3. The normalized spacial score (nSPS) is 10.8. The van der Waals surface area contributed by atoms with E-state index in [1.54, 1.807) is 18.5 Å². The third kappa shape index (κ3) is 2.38. The molecular weight excluding hydrogens is 290 g/mol. The Hall–Kier alpha value is -3.34. The van der Waals surface area contributed by atoms with Crippen molar-refractivity contribution in [2.75, 3.05) is 4.90 Å². The van der Waals surface area contributed by atoms with E-state index in [1.807, 2.05) is 54.6 Å². The number of furan rings is 1. The van der Waals surface area contributed by atoms with Crippen LogP contribution in [0.3, 0.4) is 0 Å². The molecule has 5 nitrogen and oxygen atoms in total. The van der Waals surface area contributed by atoms with Gasteiger partial charge in [-0.15, -0.1) is 0 Å². The summed E-state index contributed by atoms with van der Waals surface area (Å²) in [5, 5.41) is 0.892. The number of hydrogen-bond acceptors (Lipinski definition) is 3. The van der Waals surface area contributed by atoms with Crippen LogP contribution < -0.4 is 4.90 Å². The van der Waals surface area contributed by atoms with E-state index in [0.717, 1.165) is 5.39 Å². The number of aromatic nitrogens is 2. The summed E-state index contributed by atoms with van der Waals surface area (Å²) in [6.45, 7) is 0. The smallest absolute Gasteiger partial charge is 0.300 e. The first-order valence-electron chi connectivity index (χ1n) is 7.20. The lowest BCUT2D eigenvalue weighted by molar-refractivity contribution is 0.0974. The first-order valence-corrected chi connectivity index (χ1v) is 7.20. The summed E-state index contributed by atoms with van der Waals surface area (Å²) in [6, 6.07) is 18.6. The number of benzene rings is 2. The number of nitrogens with zero attached hydrogens (tertiary/aromatic N) is 2. The first kappa shape index (κ1) is 13.3. The molecule has 0 saturated heterocycles.